The monoisotopic (exact) mass is 783 g/mol. The number of halogens is 1. The number of piperidine rings is 1. The largest absolute Gasteiger partial charge is 0.490 e. The highest BCUT2D eigenvalue weighted by Crippen LogP contribution is 2.30. The van der Waals surface area contributed by atoms with Crippen molar-refractivity contribution in [2.75, 3.05) is 49.2 Å². The first-order valence-electron chi connectivity index (χ1n) is 18.9. The highest BCUT2D eigenvalue weighted by Gasteiger charge is 2.35. The van der Waals surface area contributed by atoms with Crippen molar-refractivity contribution in [2.24, 2.45) is 0 Å². The molecule has 2 aliphatic rings. The minimum Gasteiger partial charge on any atom is -0.490 e. The summed E-state index contributed by atoms with van der Waals surface area (Å²) in [6.07, 6.45) is 9.98. The molecule has 0 radical (unpaired) electrons. The van der Waals surface area contributed by atoms with E-state index in [0.29, 0.717) is 50.6 Å². The summed E-state index contributed by atoms with van der Waals surface area (Å²) in [5.74, 6) is 1.47. The fourth-order valence-corrected chi connectivity index (χ4v) is 6.70. The van der Waals surface area contributed by atoms with Gasteiger partial charge in [-0.3, -0.25) is 9.97 Å². The lowest BCUT2D eigenvalue weighted by Gasteiger charge is -2.40. The number of oxazole rings is 2. The molecule has 4 aromatic heterocycles. The quantitative estimate of drug-likeness (QED) is 0.147. The van der Waals surface area contributed by atoms with E-state index in [1.54, 1.807) is 29.7 Å². The molecular formula is C42H50ClN7O6. The molecule has 8 rings (SSSR count). The summed E-state index contributed by atoms with van der Waals surface area (Å²) in [7, 11) is 0. The van der Waals surface area contributed by atoms with Gasteiger partial charge < -0.3 is 37.7 Å². The zero-order valence-corrected chi connectivity index (χ0v) is 33.4. The molecule has 0 spiro atoms. The number of carbonyl (C=O) groups is 1. The van der Waals surface area contributed by atoms with Gasteiger partial charge in [0, 0.05) is 38.6 Å². The maximum atomic E-state index is 12.7. The van der Waals surface area contributed by atoms with Gasteiger partial charge in [0.05, 0.1) is 24.5 Å². The number of rotatable bonds is 8. The number of nitrogens with zero attached hydrogens (tertiary/aromatic N) is 7. The Kier molecular flexibility index (Phi) is 12.8. The van der Waals surface area contributed by atoms with Gasteiger partial charge in [-0.25, -0.2) is 4.79 Å². The average molecular weight is 784 g/mol. The van der Waals surface area contributed by atoms with E-state index in [1.807, 2.05) is 82.3 Å². The summed E-state index contributed by atoms with van der Waals surface area (Å²) in [4.78, 5) is 36.2. The Labute approximate surface area is 333 Å². The molecule has 2 atom stereocenters. The number of amides is 1. The third-order valence-corrected chi connectivity index (χ3v) is 9.47. The van der Waals surface area contributed by atoms with Gasteiger partial charge in [0.1, 0.15) is 41.3 Å². The second-order valence-corrected chi connectivity index (χ2v) is 15.1. The van der Waals surface area contributed by atoms with Gasteiger partial charge >= 0.3 is 6.09 Å². The Bertz CT molecular complexity index is 2170. The molecule has 2 saturated heterocycles. The molecule has 6 aromatic rings. The number of aryl methyl sites for hydroxylation is 2. The van der Waals surface area contributed by atoms with Gasteiger partial charge in [0.15, 0.2) is 11.2 Å². The lowest BCUT2D eigenvalue weighted by atomic mass is 10.0. The standard InChI is InChI=1S/C23H28N4O4.C19H21N3O2.ClH/c1-16-7-8-19-20(12-16)30-21(25-19)27-11-10-26(22(28)31-23(2,3)4)14-17(27)15-29-18-6-5-9-24-13-18;1-14-7-8-17-18(11-14)24-19(21-17)22-10-3-2-5-15(22)13-23-16-6-4-9-20-12-16;/h5-9,12-13,17H,10-11,14-15H2,1-4H3;4,6-9,11-12,15H,2-3,5,10,13H2,1H3;1H. The maximum absolute atomic E-state index is 12.7. The highest BCUT2D eigenvalue weighted by molar-refractivity contribution is 5.85. The van der Waals surface area contributed by atoms with Gasteiger partial charge in [-0.2, -0.15) is 9.97 Å². The van der Waals surface area contributed by atoms with E-state index >= 15 is 0 Å². The van der Waals surface area contributed by atoms with E-state index in [4.69, 9.17) is 23.0 Å². The Balaban J connectivity index is 0.000000192. The summed E-state index contributed by atoms with van der Waals surface area (Å²) in [5.41, 5.74) is 5.06. The van der Waals surface area contributed by atoms with E-state index < -0.39 is 5.60 Å². The average Bonchev–Trinajstić information content (AvgIpc) is 3.80. The van der Waals surface area contributed by atoms with E-state index in [9.17, 15) is 4.79 Å². The van der Waals surface area contributed by atoms with Crippen LogP contribution in [-0.2, 0) is 4.74 Å². The molecule has 14 heteroatoms. The van der Waals surface area contributed by atoms with Crippen molar-refractivity contribution in [3.05, 3.63) is 96.6 Å². The number of fused-ring (bicyclic) bond motifs is 2. The predicted octanol–water partition coefficient (Wildman–Crippen LogP) is 8.43. The van der Waals surface area contributed by atoms with E-state index in [1.165, 1.54) is 12.0 Å². The van der Waals surface area contributed by atoms with Crippen LogP contribution in [-0.4, -0.2) is 88.0 Å². The van der Waals surface area contributed by atoms with Crippen LogP contribution in [0.1, 0.15) is 51.2 Å². The van der Waals surface area contributed by atoms with E-state index in [-0.39, 0.29) is 30.6 Å². The highest BCUT2D eigenvalue weighted by atomic mass is 35.5. The number of carbonyl (C=O) groups excluding carboxylic acids is 1. The number of piperazine rings is 1. The summed E-state index contributed by atoms with van der Waals surface area (Å²) < 4.78 is 29.5. The third kappa shape index (κ3) is 10.2. The van der Waals surface area contributed by atoms with Crippen LogP contribution in [0.4, 0.5) is 16.8 Å². The van der Waals surface area contributed by atoms with Crippen molar-refractivity contribution in [3.63, 3.8) is 0 Å². The molecule has 1 amide bonds. The molecule has 0 bridgehead atoms. The summed E-state index contributed by atoms with van der Waals surface area (Å²) in [6, 6.07) is 20.9. The minimum absolute atomic E-state index is 0. The van der Waals surface area contributed by atoms with Gasteiger partial charge in [-0.15, -0.1) is 12.4 Å². The van der Waals surface area contributed by atoms with Gasteiger partial charge in [0.2, 0.25) is 0 Å². The van der Waals surface area contributed by atoms with Crippen LogP contribution in [0.5, 0.6) is 11.5 Å². The number of hydrogen-bond acceptors (Lipinski definition) is 12. The van der Waals surface area contributed by atoms with Crippen molar-refractivity contribution in [1.82, 2.24) is 24.8 Å². The van der Waals surface area contributed by atoms with Gasteiger partial charge in [-0.1, -0.05) is 12.1 Å². The molecule has 13 nitrogen and oxygen atoms in total. The first-order valence-corrected chi connectivity index (χ1v) is 18.9. The van der Waals surface area contributed by atoms with Crippen molar-refractivity contribution >= 4 is 52.7 Å². The van der Waals surface area contributed by atoms with Gasteiger partial charge in [0.25, 0.3) is 12.0 Å². The smallest absolute Gasteiger partial charge is 0.410 e. The van der Waals surface area contributed by atoms with Crippen LogP contribution in [0.2, 0.25) is 0 Å². The summed E-state index contributed by atoms with van der Waals surface area (Å²) in [5, 5.41) is 0. The zero-order valence-electron chi connectivity index (χ0n) is 32.6. The van der Waals surface area contributed by atoms with Gasteiger partial charge in [-0.05, 0) is 114 Å². The maximum Gasteiger partial charge on any atom is 0.410 e. The predicted molar refractivity (Wildman–Crippen MR) is 218 cm³/mol. The molecule has 6 heterocycles. The fourth-order valence-electron chi connectivity index (χ4n) is 6.70. The number of pyridine rings is 2. The molecular weight excluding hydrogens is 734 g/mol. The van der Waals surface area contributed by atoms with Crippen LogP contribution < -0.4 is 19.3 Å². The molecule has 56 heavy (non-hydrogen) atoms. The van der Waals surface area contributed by atoms with Crippen molar-refractivity contribution < 1.29 is 27.8 Å². The molecule has 2 unspecified atom stereocenters. The minimum atomic E-state index is -0.548. The number of ether oxygens (including phenoxy) is 3. The Morgan fingerprint density at radius 3 is 1.84 bits per heavy atom. The summed E-state index contributed by atoms with van der Waals surface area (Å²) >= 11 is 0. The van der Waals surface area contributed by atoms with Crippen LogP contribution in [0.3, 0.4) is 0 Å². The Hall–Kier alpha value is -5.56. The van der Waals surface area contributed by atoms with Crippen LogP contribution in [0, 0.1) is 13.8 Å². The lowest BCUT2D eigenvalue weighted by molar-refractivity contribution is 0.0198. The third-order valence-electron chi connectivity index (χ3n) is 9.47. The SMILES string of the molecule is Cc1ccc2nc(N3CCCCC3COc3cccnc3)oc2c1.Cc1ccc2nc(N3CCN(C(=O)OC(C)(C)C)CC3COc3cccnc3)oc2c1.Cl. The lowest BCUT2D eigenvalue weighted by Crippen LogP contribution is -2.57. The molecule has 0 saturated carbocycles. The number of anilines is 2. The molecule has 2 fully saturated rings. The molecule has 296 valence electrons. The van der Waals surface area contributed by atoms with E-state index in [0.717, 1.165) is 52.9 Å². The zero-order chi connectivity index (χ0) is 38.4. The van der Waals surface area contributed by atoms with Crippen LogP contribution in [0.25, 0.3) is 22.2 Å². The first kappa shape index (κ1) is 40.1. The molecule has 0 N–H and O–H groups in total. The topological polar surface area (TPSA) is 132 Å². The normalized spacial score (nSPS) is 17.2. The Morgan fingerprint density at radius 1 is 0.750 bits per heavy atom. The number of hydrogen-bond donors (Lipinski definition) is 0. The Morgan fingerprint density at radius 2 is 1.30 bits per heavy atom. The molecule has 2 aliphatic heterocycles. The van der Waals surface area contributed by atoms with Crippen molar-refractivity contribution in [1.29, 1.82) is 0 Å². The number of benzene rings is 2. The second-order valence-electron chi connectivity index (χ2n) is 15.1. The number of aromatic nitrogens is 4. The van der Waals surface area contributed by atoms with E-state index in [2.05, 4.69) is 42.7 Å². The van der Waals surface area contributed by atoms with Crippen LogP contribution >= 0.6 is 12.4 Å². The molecule has 2 aromatic carbocycles. The van der Waals surface area contributed by atoms with Crippen molar-refractivity contribution in [2.45, 2.75) is 71.6 Å². The van der Waals surface area contributed by atoms with Crippen LogP contribution in [0.15, 0.2) is 94.3 Å². The van der Waals surface area contributed by atoms with Crippen molar-refractivity contribution in [3.8, 4) is 11.5 Å². The first-order chi connectivity index (χ1) is 26.6. The molecule has 0 aliphatic carbocycles. The fraction of sp³-hybridized carbons (Fsp3) is 0.405. The summed E-state index contributed by atoms with van der Waals surface area (Å²) in [6.45, 7) is 13.1. The second kappa shape index (κ2) is 17.9.